The predicted molar refractivity (Wildman–Crippen MR) is 101 cm³/mol. The molecule has 6 rings (SSSR count). The van der Waals surface area contributed by atoms with Gasteiger partial charge in [-0.25, -0.2) is 4.39 Å². The van der Waals surface area contributed by atoms with Gasteiger partial charge in [0.15, 0.2) is 0 Å². The summed E-state index contributed by atoms with van der Waals surface area (Å²) in [6.07, 6.45) is 5.76. The van der Waals surface area contributed by atoms with Crippen molar-refractivity contribution in [3.8, 4) is 6.07 Å². The van der Waals surface area contributed by atoms with Crippen LogP contribution in [0, 0.1) is 34.9 Å². The van der Waals surface area contributed by atoms with E-state index in [1.165, 1.54) is 30.2 Å². The number of benzene rings is 2. The monoisotopic (exact) mass is 358 g/mol. The van der Waals surface area contributed by atoms with E-state index in [4.69, 9.17) is 5.26 Å². The number of rotatable bonds is 1. The minimum absolute atomic E-state index is 0.0874. The summed E-state index contributed by atoms with van der Waals surface area (Å²) in [5, 5.41) is 21.4. The third-order valence-electron chi connectivity index (χ3n) is 7.15. The van der Waals surface area contributed by atoms with Gasteiger partial charge in [-0.2, -0.15) is 10.4 Å². The molecule has 5 heteroatoms. The molecule has 2 bridgehead atoms. The topological polar surface area (TPSA) is 64.5 Å². The first-order valence-corrected chi connectivity index (χ1v) is 9.66. The van der Waals surface area contributed by atoms with Crippen LogP contribution < -0.4 is 5.32 Å². The van der Waals surface area contributed by atoms with Crippen molar-refractivity contribution >= 4 is 16.6 Å². The minimum atomic E-state index is -0.424. The quantitative estimate of drug-likeness (QED) is 0.652. The molecule has 134 valence electrons. The third kappa shape index (κ3) is 1.98. The van der Waals surface area contributed by atoms with E-state index >= 15 is 0 Å². The number of nitriles is 1. The number of aromatic nitrogens is 2. The summed E-state index contributed by atoms with van der Waals surface area (Å²) in [7, 11) is 0. The lowest BCUT2D eigenvalue weighted by molar-refractivity contribution is 0.248. The first-order chi connectivity index (χ1) is 13.2. The van der Waals surface area contributed by atoms with Crippen molar-refractivity contribution < 1.29 is 4.39 Å². The van der Waals surface area contributed by atoms with Gasteiger partial charge < -0.3 is 5.32 Å². The number of halogens is 1. The molecule has 2 fully saturated rings. The smallest absolute Gasteiger partial charge is 0.141 e. The fourth-order valence-corrected chi connectivity index (χ4v) is 6.15. The third-order valence-corrected chi connectivity index (χ3v) is 7.15. The minimum Gasteiger partial charge on any atom is -0.378 e. The zero-order chi connectivity index (χ0) is 18.1. The van der Waals surface area contributed by atoms with E-state index in [-0.39, 0.29) is 11.6 Å². The Labute approximate surface area is 156 Å². The van der Waals surface area contributed by atoms with E-state index in [9.17, 15) is 4.39 Å². The Bertz CT molecular complexity index is 1110. The Hall–Kier alpha value is -2.87. The lowest BCUT2D eigenvalue weighted by atomic mass is 9.67. The summed E-state index contributed by atoms with van der Waals surface area (Å²) >= 11 is 0. The van der Waals surface area contributed by atoms with Crippen molar-refractivity contribution in [2.45, 2.75) is 31.2 Å². The van der Waals surface area contributed by atoms with Crippen molar-refractivity contribution in [2.24, 2.45) is 17.8 Å². The van der Waals surface area contributed by atoms with Crippen LogP contribution >= 0.6 is 0 Å². The van der Waals surface area contributed by atoms with Crippen LogP contribution in [0.4, 0.5) is 10.1 Å². The van der Waals surface area contributed by atoms with Gasteiger partial charge in [0.1, 0.15) is 11.9 Å². The lowest BCUT2D eigenvalue weighted by Gasteiger charge is -2.43. The van der Waals surface area contributed by atoms with Crippen LogP contribution in [-0.2, 0) is 0 Å². The molecule has 1 aromatic heterocycles. The average molecular weight is 358 g/mol. The molecule has 2 aliphatic carbocycles. The van der Waals surface area contributed by atoms with Gasteiger partial charge in [0.25, 0.3) is 0 Å². The molecule has 4 nitrogen and oxygen atoms in total. The summed E-state index contributed by atoms with van der Waals surface area (Å²) in [5.41, 5.74) is 4.68. The molecular formula is C22H19FN4. The van der Waals surface area contributed by atoms with E-state index in [1.807, 2.05) is 18.3 Å². The zero-order valence-corrected chi connectivity index (χ0v) is 14.7. The summed E-state index contributed by atoms with van der Waals surface area (Å²) in [4.78, 5) is 0. The van der Waals surface area contributed by atoms with E-state index in [2.05, 4.69) is 27.6 Å². The second-order valence-electron chi connectivity index (χ2n) is 8.27. The van der Waals surface area contributed by atoms with E-state index in [0.717, 1.165) is 16.8 Å². The molecule has 2 heterocycles. The summed E-state index contributed by atoms with van der Waals surface area (Å²) in [6.45, 7) is 0. The molecule has 0 spiro atoms. The summed E-state index contributed by atoms with van der Waals surface area (Å²) < 4.78 is 14.3. The van der Waals surface area contributed by atoms with Crippen LogP contribution in [0.25, 0.3) is 10.9 Å². The number of anilines is 1. The highest BCUT2D eigenvalue weighted by Crippen LogP contribution is 2.64. The van der Waals surface area contributed by atoms with Crippen LogP contribution in [0.15, 0.2) is 36.5 Å². The fourth-order valence-electron chi connectivity index (χ4n) is 6.15. The maximum absolute atomic E-state index is 14.3. The number of nitrogens with zero attached hydrogens (tertiary/aromatic N) is 2. The summed E-state index contributed by atoms with van der Waals surface area (Å²) in [6, 6.07) is 11.3. The van der Waals surface area contributed by atoms with Gasteiger partial charge in [0.05, 0.1) is 23.3 Å². The van der Waals surface area contributed by atoms with Crippen molar-refractivity contribution in [1.29, 1.82) is 5.26 Å². The van der Waals surface area contributed by atoms with Gasteiger partial charge >= 0.3 is 0 Å². The van der Waals surface area contributed by atoms with Crippen LogP contribution in [0.5, 0.6) is 0 Å². The number of nitrogens with one attached hydrogen (secondary N) is 2. The van der Waals surface area contributed by atoms with Gasteiger partial charge in [-0.05, 0) is 78.3 Å². The Morgan fingerprint density at radius 3 is 2.89 bits per heavy atom. The van der Waals surface area contributed by atoms with Crippen molar-refractivity contribution in [1.82, 2.24) is 10.2 Å². The number of H-pyrrole nitrogens is 1. The van der Waals surface area contributed by atoms with Crippen molar-refractivity contribution in [2.75, 3.05) is 5.32 Å². The maximum atomic E-state index is 14.3. The molecule has 2 N–H and O–H groups in total. The van der Waals surface area contributed by atoms with Crippen LogP contribution in [0.2, 0.25) is 0 Å². The Balaban J connectivity index is 1.53. The second-order valence-corrected chi connectivity index (χ2v) is 8.27. The second kappa shape index (κ2) is 5.32. The van der Waals surface area contributed by atoms with E-state index in [1.54, 1.807) is 12.1 Å². The Morgan fingerprint density at radius 2 is 2.04 bits per heavy atom. The molecular weight excluding hydrogens is 339 g/mol. The molecule has 5 unspecified atom stereocenters. The number of hydrogen-bond acceptors (Lipinski definition) is 3. The molecule has 0 saturated heterocycles. The SMILES string of the molecule is N#Cc1ccc(C2Nc3ccc4[nH]ncc4c3C3C4CCC(C4)C23)cc1F. The maximum Gasteiger partial charge on any atom is 0.141 e. The predicted octanol–water partition coefficient (Wildman–Crippen LogP) is 4.87. The molecule has 5 atom stereocenters. The van der Waals surface area contributed by atoms with E-state index < -0.39 is 5.82 Å². The highest BCUT2D eigenvalue weighted by molar-refractivity contribution is 5.88. The van der Waals surface area contributed by atoms with E-state index in [0.29, 0.717) is 23.7 Å². The molecule has 0 amide bonds. The number of hydrogen-bond donors (Lipinski definition) is 2. The fraction of sp³-hybridized carbons (Fsp3) is 0.364. The van der Waals surface area contributed by atoms with Gasteiger partial charge in [-0.15, -0.1) is 0 Å². The Kier molecular flexibility index (Phi) is 3.00. The molecule has 1 aliphatic heterocycles. The normalized spacial score (nSPS) is 30.6. The Morgan fingerprint density at radius 1 is 1.15 bits per heavy atom. The van der Waals surface area contributed by atoms with Crippen LogP contribution in [0.1, 0.15) is 47.9 Å². The average Bonchev–Trinajstić information content (AvgIpc) is 3.42. The lowest BCUT2D eigenvalue weighted by Crippen LogP contribution is -2.35. The van der Waals surface area contributed by atoms with Crippen molar-refractivity contribution in [3.63, 3.8) is 0 Å². The number of aromatic amines is 1. The molecule has 3 aromatic rings. The first kappa shape index (κ1) is 15.2. The molecule has 3 aliphatic rings. The highest BCUT2D eigenvalue weighted by Gasteiger charge is 2.54. The van der Waals surface area contributed by atoms with Crippen molar-refractivity contribution in [3.05, 3.63) is 59.0 Å². The van der Waals surface area contributed by atoms with Gasteiger partial charge in [0.2, 0.25) is 0 Å². The first-order valence-electron chi connectivity index (χ1n) is 9.66. The molecule has 2 aromatic carbocycles. The zero-order valence-electron chi connectivity index (χ0n) is 14.7. The standard InChI is InChI=1S/C22H19FN4/c23-16-8-13(3-4-14(16)9-24)22-20-12-2-1-11(7-12)19(20)21-15-10-25-27-17(15)5-6-18(21)26-22/h3-6,8,10-12,19-20,22,26H,1-2,7H2,(H,25,27). The molecule has 0 radical (unpaired) electrons. The molecule has 2 saturated carbocycles. The summed E-state index contributed by atoms with van der Waals surface area (Å²) in [5.74, 6) is 1.90. The largest absolute Gasteiger partial charge is 0.378 e. The van der Waals surface area contributed by atoms with Crippen LogP contribution in [0.3, 0.4) is 0 Å². The van der Waals surface area contributed by atoms with Crippen LogP contribution in [-0.4, -0.2) is 10.2 Å². The highest BCUT2D eigenvalue weighted by atomic mass is 19.1. The van der Waals surface area contributed by atoms with Gasteiger partial charge in [-0.1, -0.05) is 6.07 Å². The molecule has 27 heavy (non-hydrogen) atoms. The number of fused-ring (bicyclic) bond motifs is 9. The van der Waals surface area contributed by atoms with Gasteiger partial charge in [0, 0.05) is 11.1 Å². The van der Waals surface area contributed by atoms with Gasteiger partial charge in [-0.3, -0.25) is 5.10 Å².